The lowest BCUT2D eigenvalue weighted by molar-refractivity contribution is 0.869. The van der Waals surface area contributed by atoms with E-state index in [-0.39, 0.29) is 0 Å². The smallest absolute Gasteiger partial charge is 0.0358 e. The van der Waals surface area contributed by atoms with E-state index < -0.39 is 0 Å². The summed E-state index contributed by atoms with van der Waals surface area (Å²) in [6.07, 6.45) is 0. The molecule has 86 valence electrons. The molecule has 1 heterocycles. The van der Waals surface area contributed by atoms with E-state index in [1.807, 2.05) is 11.3 Å². The van der Waals surface area contributed by atoms with Crippen LogP contribution < -0.4 is 0 Å². The molecule has 0 unspecified atom stereocenters. The molecular weight excluding hydrogens is 224 g/mol. The first-order valence-corrected chi connectivity index (χ1v) is 6.90. The van der Waals surface area contributed by atoms with Crippen molar-refractivity contribution in [1.82, 2.24) is 0 Å². The lowest BCUT2D eigenvalue weighted by Gasteiger charge is -2.04. The molecule has 0 aliphatic carbocycles. The highest BCUT2D eigenvalue weighted by Crippen LogP contribution is 2.36. The topological polar surface area (TPSA) is 0 Å². The van der Waals surface area contributed by atoms with Crippen molar-refractivity contribution < 1.29 is 0 Å². The van der Waals surface area contributed by atoms with Gasteiger partial charge in [0.1, 0.15) is 0 Å². The Hall–Kier alpha value is -1.34. The number of hydrogen-bond donors (Lipinski definition) is 0. The van der Waals surface area contributed by atoms with Crippen molar-refractivity contribution in [3.63, 3.8) is 0 Å². The maximum absolute atomic E-state index is 2.35. The maximum atomic E-state index is 2.35. The van der Waals surface area contributed by atoms with E-state index in [9.17, 15) is 0 Å². The van der Waals surface area contributed by atoms with Crippen LogP contribution in [-0.4, -0.2) is 0 Å². The van der Waals surface area contributed by atoms with Crippen LogP contribution in [0.25, 0.3) is 20.2 Å². The van der Waals surface area contributed by atoms with Crippen LogP contribution >= 0.6 is 11.3 Å². The summed E-state index contributed by atoms with van der Waals surface area (Å²) >= 11 is 1.91. The molecule has 3 rings (SSSR count). The fourth-order valence-electron chi connectivity index (χ4n) is 2.38. The molecule has 0 aliphatic rings. The van der Waals surface area contributed by atoms with Crippen molar-refractivity contribution in [3.05, 3.63) is 47.5 Å². The average molecular weight is 240 g/mol. The number of benzene rings is 2. The van der Waals surface area contributed by atoms with Crippen LogP contribution in [0.5, 0.6) is 0 Å². The summed E-state index contributed by atoms with van der Waals surface area (Å²) in [4.78, 5) is 0. The Bertz CT molecular complexity index is 689. The minimum atomic E-state index is 0.603. The molecule has 0 N–H and O–H groups in total. The molecule has 1 aromatic heterocycles. The molecule has 0 nitrogen and oxygen atoms in total. The molecule has 3 aromatic rings. The third-order valence-electron chi connectivity index (χ3n) is 3.40. The zero-order chi connectivity index (χ0) is 12.0. The van der Waals surface area contributed by atoms with E-state index in [1.54, 1.807) is 0 Å². The standard InChI is InChI=1S/C16H16S/c1-10(2)12-7-8-13-15(9-12)17-14-6-4-5-11(3)16(13)14/h4-10H,1-3H3. The third-order valence-corrected chi connectivity index (χ3v) is 4.51. The van der Waals surface area contributed by atoms with Gasteiger partial charge in [-0.15, -0.1) is 11.3 Å². The van der Waals surface area contributed by atoms with Gasteiger partial charge in [-0.2, -0.15) is 0 Å². The van der Waals surface area contributed by atoms with Crippen LogP contribution in [-0.2, 0) is 0 Å². The highest BCUT2D eigenvalue weighted by Gasteiger charge is 2.08. The van der Waals surface area contributed by atoms with Crippen molar-refractivity contribution in [3.8, 4) is 0 Å². The molecule has 0 bridgehead atoms. The van der Waals surface area contributed by atoms with E-state index in [0.29, 0.717) is 5.92 Å². The zero-order valence-electron chi connectivity index (χ0n) is 10.4. The van der Waals surface area contributed by atoms with Crippen molar-refractivity contribution >= 4 is 31.5 Å². The molecule has 2 aromatic carbocycles. The van der Waals surface area contributed by atoms with Crippen molar-refractivity contribution in [2.24, 2.45) is 0 Å². The SMILES string of the molecule is Cc1cccc2sc3cc(C(C)C)ccc3c12. The normalized spacial score (nSPS) is 11.8. The molecule has 0 saturated carbocycles. The second kappa shape index (κ2) is 3.85. The van der Waals surface area contributed by atoms with E-state index >= 15 is 0 Å². The molecule has 0 saturated heterocycles. The molecule has 0 fully saturated rings. The van der Waals surface area contributed by atoms with E-state index in [2.05, 4.69) is 57.2 Å². The van der Waals surface area contributed by atoms with Crippen molar-refractivity contribution in [2.75, 3.05) is 0 Å². The Morgan fingerprint density at radius 2 is 1.82 bits per heavy atom. The number of fused-ring (bicyclic) bond motifs is 3. The van der Waals surface area contributed by atoms with Crippen molar-refractivity contribution in [1.29, 1.82) is 0 Å². The summed E-state index contributed by atoms with van der Waals surface area (Å²) in [5.41, 5.74) is 2.81. The van der Waals surface area contributed by atoms with Gasteiger partial charge in [0.15, 0.2) is 0 Å². The van der Waals surface area contributed by atoms with Crippen LogP contribution in [0.2, 0.25) is 0 Å². The predicted octanol–water partition coefficient (Wildman–Crippen LogP) is 5.49. The van der Waals surface area contributed by atoms with Gasteiger partial charge in [-0.25, -0.2) is 0 Å². The highest BCUT2D eigenvalue weighted by molar-refractivity contribution is 7.25. The largest absolute Gasteiger partial charge is 0.135 e. The summed E-state index contributed by atoms with van der Waals surface area (Å²) in [5.74, 6) is 0.603. The first kappa shape index (κ1) is 10.8. The van der Waals surface area contributed by atoms with E-state index in [4.69, 9.17) is 0 Å². The Balaban J connectivity index is 2.40. The van der Waals surface area contributed by atoms with E-state index in [0.717, 1.165) is 0 Å². The highest BCUT2D eigenvalue weighted by atomic mass is 32.1. The van der Waals surface area contributed by atoms with Gasteiger partial charge in [0.25, 0.3) is 0 Å². The van der Waals surface area contributed by atoms with Gasteiger partial charge in [-0.05, 0) is 36.1 Å². The molecule has 0 radical (unpaired) electrons. The average Bonchev–Trinajstić information content (AvgIpc) is 2.67. The molecule has 0 aliphatic heterocycles. The first-order chi connectivity index (χ1) is 8.16. The van der Waals surface area contributed by atoms with Crippen LogP contribution in [0.15, 0.2) is 36.4 Å². The van der Waals surface area contributed by atoms with Gasteiger partial charge < -0.3 is 0 Å². The van der Waals surface area contributed by atoms with Gasteiger partial charge in [0.2, 0.25) is 0 Å². The quantitative estimate of drug-likeness (QED) is 0.528. The minimum absolute atomic E-state index is 0.603. The van der Waals surface area contributed by atoms with Crippen LogP contribution in [0, 0.1) is 6.92 Å². The summed E-state index contributed by atoms with van der Waals surface area (Å²) in [6, 6.07) is 13.5. The Morgan fingerprint density at radius 1 is 1.00 bits per heavy atom. The van der Waals surface area contributed by atoms with Gasteiger partial charge in [0, 0.05) is 20.2 Å². The molecule has 0 atom stereocenters. The monoisotopic (exact) mass is 240 g/mol. The summed E-state index contributed by atoms with van der Waals surface area (Å²) < 4.78 is 2.82. The minimum Gasteiger partial charge on any atom is -0.135 e. The molecule has 0 amide bonds. The Labute approximate surface area is 106 Å². The second-order valence-electron chi connectivity index (χ2n) is 4.96. The Morgan fingerprint density at radius 3 is 2.59 bits per heavy atom. The number of hydrogen-bond acceptors (Lipinski definition) is 1. The van der Waals surface area contributed by atoms with Crippen LogP contribution in [0.1, 0.15) is 30.9 Å². The number of rotatable bonds is 1. The first-order valence-electron chi connectivity index (χ1n) is 6.08. The fourth-order valence-corrected chi connectivity index (χ4v) is 3.61. The second-order valence-corrected chi connectivity index (χ2v) is 6.04. The van der Waals surface area contributed by atoms with Gasteiger partial charge in [0.05, 0.1) is 0 Å². The van der Waals surface area contributed by atoms with Gasteiger partial charge >= 0.3 is 0 Å². The fraction of sp³-hybridized carbons (Fsp3) is 0.250. The predicted molar refractivity (Wildman–Crippen MR) is 78.2 cm³/mol. The molecule has 0 spiro atoms. The van der Waals surface area contributed by atoms with Gasteiger partial charge in [-0.3, -0.25) is 0 Å². The van der Waals surface area contributed by atoms with Crippen LogP contribution in [0.3, 0.4) is 0 Å². The van der Waals surface area contributed by atoms with E-state index in [1.165, 1.54) is 31.3 Å². The third kappa shape index (κ3) is 1.66. The summed E-state index contributed by atoms with van der Waals surface area (Å²) in [5, 5.41) is 2.84. The lowest BCUT2D eigenvalue weighted by Crippen LogP contribution is -1.85. The van der Waals surface area contributed by atoms with Crippen molar-refractivity contribution in [2.45, 2.75) is 26.7 Å². The maximum Gasteiger partial charge on any atom is 0.0358 e. The summed E-state index contributed by atoms with van der Waals surface area (Å²) in [6.45, 7) is 6.70. The summed E-state index contributed by atoms with van der Waals surface area (Å²) in [7, 11) is 0. The Kier molecular flexibility index (Phi) is 2.44. The lowest BCUT2D eigenvalue weighted by atomic mass is 10.0. The zero-order valence-corrected chi connectivity index (χ0v) is 11.3. The molecular formula is C16H16S. The number of aryl methyl sites for hydroxylation is 1. The number of thiophene rings is 1. The van der Waals surface area contributed by atoms with Crippen LogP contribution in [0.4, 0.5) is 0 Å². The van der Waals surface area contributed by atoms with Gasteiger partial charge in [-0.1, -0.05) is 38.1 Å². The molecule has 17 heavy (non-hydrogen) atoms. The molecule has 1 heteroatoms.